The summed E-state index contributed by atoms with van der Waals surface area (Å²) in [4.78, 5) is 15.5. The molecule has 0 bridgehead atoms. The number of hydrogen-bond acceptors (Lipinski definition) is 4. The highest BCUT2D eigenvalue weighted by molar-refractivity contribution is 5.84. The summed E-state index contributed by atoms with van der Waals surface area (Å²) in [5, 5.41) is 10.3. The molecule has 1 aliphatic carbocycles. The molecule has 0 radical (unpaired) electrons. The fourth-order valence-electron chi connectivity index (χ4n) is 3.61. The van der Waals surface area contributed by atoms with Crippen molar-refractivity contribution >= 4 is 16.8 Å². The number of nitrogens with zero attached hydrogens (tertiary/aromatic N) is 2. The molecule has 0 aliphatic heterocycles. The summed E-state index contributed by atoms with van der Waals surface area (Å²) >= 11 is 0. The van der Waals surface area contributed by atoms with Crippen LogP contribution in [0.3, 0.4) is 0 Å². The molecule has 162 valence electrons. The third-order valence-electron chi connectivity index (χ3n) is 5.42. The van der Waals surface area contributed by atoms with Crippen LogP contribution in [0.25, 0.3) is 11.0 Å². The molecule has 1 N–H and O–H groups in total. The Morgan fingerprint density at radius 1 is 1.24 bits per heavy atom. The molecule has 3 rings (SSSR count). The summed E-state index contributed by atoms with van der Waals surface area (Å²) in [5.41, 5.74) is 2.12. The molecule has 1 aliphatic rings. The highest BCUT2D eigenvalue weighted by Crippen LogP contribution is 2.39. The van der Waals surface area contributed by atoms with Crippen LogP contribution in [0.1, 0.15) is 91.1 Å². The average Bonchev–Trinajstić information content (AvgIpc) is 2.87. The first kappa shape index (κ1) is 23.4. The smallest absolute Gasteiger partial charge is 0.147 e. The van der Waals surface area contributed by atoms with Crippen molar-refractivity contribution in [2.45, 2.75) is 92.2 Å². The summed E-state index contributed by atoms with van der Waals surface area (Å²) < 4.78 is 7.78. The summed E-state index contributed by atoms with van der Waals surface area (Å²) in [6.07, 6.45) is 5.09. The minimum absolute atomic E-state index is 0.174. The number of aliphatic hydroxyl groups is 1. The van der Waals surface area contributed by atoms with Gasteiger partial charge in [0.25, 0.3) is 0 Å². The fraction of sp³-hybridized carbons (Fsp3) is 0.667. The first-order chi connectivity index (χ1) is 13.4. The molecule has 1 aromatic heterocycles. The topological polar surface area (TPSA) is 64.3 Å². The molecule has 0 unspecified atom stereocenters. The van der Waals surface area contributed by atoms with Gasteiger partial charge in [-0.2, -0.15) is 0 Å². The molecule has 1 aromatic carbocycles. The number of hydrogen-bond donors (Lipinski definition) is 1. The molecular formula is C24H38N2O3. The maximum atomic E-state index is 10.8. The Bertz CT molecular complexity index is 850. The van der Waals surface area contributed by atoms with Gasteiger partial charge in [0.15, 0.2) is 0 Å². The Morgan fingerprint density at radius 2 is 1.86 bits per heavy atom. The van der Waals surface area contributed by atoms with Crippen molar-refractivity contribution < 1.29 is 14.6 Å². The van der Waals surface area contributed by atoms with Gasteiger partial charge in [0.05, 0.1) is 18.2 Å². The molecule has 0 amide bonds. The first-order valence-electron chi connectivity index (χ1n) is 10.7. The lowest BCUT2D eigenvalue weighted by Gasteiger charge is -2.29. The van der Waals surface area contributed by atoms with Crippen molar-refractivity contribution in [2.75, 3.05) is 7.11 Å². The number of imidazole rings is 1. The lowest BCUT2D eigenvalue weighted by molar-refractivity contribution is -0.120. The standard InChI is InChI=1S/C16H22N2O2.C8H16O/c1-10-17-15-13(18(10)12-6-5-7-12)8-11(16(2,3)19)9-14(15)20-4;1-5-7(9)6-8(2,3)4/h8-9,12,19H,5-7H2,1-4H3;5-6H2,1-4H3. The van der Waals surface area contributed by atoms with Gasteiger partial charge in [0, 0.05) is 18.9 Å². The summed E-state index contributed by atoms with van der Waals surface area (Å²) in [6, 6.07) is 4.48. The largest absolute Gasteiger partial charge is 0.494 e. The molecule has 5 heteroatoms. The molecule has 29 heavy (non-hydrogen) atoms. The van der Waals surface area contributed by atoms with Gasteiger partial charge in [0.1, 0.15) is 22.9 Å². The number of aryl methyl sites for hydroxylation is 1. The van der Waals surface area contributed by atoms with E-state index in [0.717, 1.165) is 28.2 Å². The zero-order chi connectivity index (χ0) is 22.0. The van der Waals surface area contributed by atoms with Crippen LogP contribution >= 0.6 is 0 Å². The predicted molar refractivity (Wildman–Crippen MR) is 119 cm³/mol. The molecule has 1 heterocycles. The Balaban J connectivity index is 0.000000284. The van der Waals surface area contributed by atoms with Crippen molar-refractivity contribution in [3.8, 4) is 5.75 Å². The zero-order valence-electron chi connectivity index (χ0n) is 19.4. The van der Waals surface area contributed by atoms with Gasteiger partial charge in [-0.15, -0.1) is 0 Å². The monoisotopic (exact) mass is 402 g/mol. The van der Waals surface area contributed by atoms with Crippen LogP contribution in [0, 0.1) is 12.3 Å². The minimum atomic E-state index is -0.885. The Hall–Kier alpha value is -1.88. The van der Waals surface area contributed by atoms with Crippen molar-refractivity contribution in [3.63, 3.8) is 0 Å². The van der Waals surface area contributed by atoms with Crippen LogP contribution in [0.5, 0.6) is 5.75 Å². The minimum Gasteiger partial charge on any atom is -0.494 e. The van der Waals surface area contributed by atoms with E-state index in [-0.39, 0.29) is 5.41 Å². The van der Waals surface area contributed by atoms with E-state index in [1.807, 2.05) is 19.9 Å². The summed E-state index contributed by atoms with van der Waals surface area (Å²) in [7, 11) is 1.65. The van der Waals surface area contributed by atoms with E-state index in [9.17, 15) is 9.90 Å². The predicted octanol–water partition coefficient (Wildman–Crippen LogP) is 5.71. The summed E-state index contributed by atoms with van der Waals surface area (Å²) in [6.45, 7) is 13.8. The second-order valence-corrected chi connectivity index (χ2v) is 9.85. The van der Waals surface area contributed by atoms with Crippen molar-refractivity contribution in [2.24, 2.45) is 5.41 Å². The van der Waals surface area contributed by atoms with Crippen LogP contribution in [0.15, 0.2) is 12.1 Å². The maximum Gasteiger partial charge on any atom is 0.147 e. The lowest BCUT2D eigenvalue weighted by atomic mass is 9.89. The maximum absolute atomic E-state index is 10.8. The lowest BCUT2D eigenvalue weighted by Crippen LogP contribution is -2.19. The molecule has 2 aromatic rings. The number of rotatable bonds is 5. The number of carbonyl (C=O) groups excluding carboxylic acids is 1. The second-order valence-electron chi connectivity index (χ2n) is 9.85. The number of fused-ring (bicyclic) bond motifs is 1. The van der Waals surface area contributed by atoms with E-state index in [2.05, 4.69) is 36.4 Å². The van der Waals surface area contributed by atoms with Gasteiger partial charge >= 0.3 is 0 Å². The van der Waals surface area contributed by atoms with Crippen LogP contribution in [0.4, 0.5) is 0 Å². The molecular weight excluding hydrogens is 364 g/mol. The molecule has 1 fully saturated rings. The van der Waals surface area contributed by atoms with E-state index in [4.69, 9.17) is 4.74 Å². The second kappa shape index (κ2) is 8.86. The third-order valence-corrected chi connectivity index (χ3v) is 5.42. The number of benzene rings is 1. The molecule has 0 saturated heterocycles. The highest BCUT2D eigenvalue weighted by atomic mass is 16.5. The Morgan fingerprint density at radius 3 is 2.24 bits per heavy atom. The fourth-order valence-corrected chi connectivity index (χ4v) is 3.61. The zero-order valence-corrected chi connectivity index (χ0v) is 19.4. The van der Waals surface area contributed by atoms with E-state index in [0.29, 0.717) is 24.7 Å². The van der Waals surface area contributed by atoms with E-state index >= 15 is 0 Å². The Kier molecular flexibility index (Phi) is 7.15. The molecule has 0 spiro atoms. The van der Waals surface area contributed by atoms with Crippen molar-refractivity contribution in [3.05, 3.63) is 23.5 Å². The number of carbonyl (C=O) groups is 1. The average molecular weight is 403 g/mol. The highest BCUT2D eigenvalue weighted by Gasteiger charge is 2.26. The van der Waals surface area contributed by atoms with E-state index in [1.54, 1.807) is 21.0 Å². The van der Waals surface area contributed by atoms with E-state index < -0.39 is 5.60 Å². The van der Waals surface area contributed by atoms with Crippen LogP contribution in [-0.2, 0) is 10.4 Å². The summed E-state index contributed by atoms with van der Waals surface area (Å²) in [5.74, 6) is 2.12. The van der Waals surface area contributed by atoms with Gasteiger partial charge in [0.2, 0.25) is 0 Å². The number of ether oxygens (including phenoxy) is 1. The van der Waals surface area contributed by atoms with Crippen LogP contribution in [0.2, 0.25) is 0 Å². The number of aromatic nitrogens is 2. The third kappa shape index (κ3) is 5.81. The number of ketones is 1. The van der Waals surface area contributed by atoms with Crippen molar-refractivity contribution in [1.29, 1.82) is 0 Å². The number of Topliss-reactive ketones (excluding diaryl/α,β-unsaturated/α-hetero) is 1. The molecule has 0 atom stereocenters. The van der Waals surface area contributed by atoms with Crippen LogP contribution in [-0.4, -0.2) is 27.6 Å². The van der Waals surface area contributed by atoms with Gasteiger partial charge in [-0.3, -0.25) is 4.79 Å². The SMILES string of the molecule is CCC(=O)CC(C)(C)C.COc1cc(C(C)(C)O)cc2c1nc(C)n2C1CCC1. The van der Waals surface area contributed by atoms with Gasteiger partial charge in [-0.05, 0) is 63.1 Å². The van der Waals surface area contributed by atoms with Gasteiger partial charge in [-0.25, -0.2) is 4.98 Å². The van der Waals surface area contributed by atoms with Crippen molar-refractivity contribution in [1.82, 2.24) is 9.55 Å². The van der Waals surface area contributed by atoms with Gasteiger partial charge in [-0.1, -0.05) is 27.7 Å². The first-order valence-corrected chi connectivity index (χ1v) is 10.7. The quantitative estimate of drug-likeness (QED) is 0.696. The molecule has 5 nitrogen and oxygen atoms in total. The Labute approximate surface area is 175 Å². The molecule has 1 saturated carbocycles. The van der Waals surface area contributed by atoms with Crippen LogP contribution < -0.4 is 4.74 Å². The number of methoxy groups -OCH3 is 1. The van der Waals surface area contributed by atoms with E-state index in [1.165, 1.54) is 19.3 Å². The normalized spacial score (nSPS) is 14.9. The van der Waals surface area contributed by atoms with Gasteiger partial charge < -0.3 is 14.4 Å².